The number of aryl methyl sites for hydroxylation is 1. The molecule has 3 rings (SSSR count). The fourth-order valence-corrected chi connectivity index (χ4v) is 5.00. The Bertz CT molecular complexity index is 960. The molecule has 0 fully saturated rings. The predicted octanol–water partition coefficient (Wildman–Crippen LogP) is 5.03. The average Bonchev–Trinajstić information content (AvgIpc) is 3.15. The van der Waals surface area contributed by atoms with E-state index in [4.69, 9.17) is 11.6 Å². The quantitative estimate of drug-likeness (QED) is 0.297. The molecule has 144 valence electrons. The van der Waals surface area contributed by atoms with Gasteiger partial charge in [0.2, 0.25) is 0 Å². The summed E-state index contributed by atoms with van der Waals surface area (Å²) < 4.78 is 1.63. The Balaban J connectivity index is 1.41. The maximum atomic E-state index is 11.9. The molecule has 1 heterocycles. The number of benzene rings is 2. The molecule has 1 aromatic heterocycles. The number of aromatic nitrogens is 2. The van der Waals surface area contributed by atoms with Gasteiger partial charge in [-0.05, 0) is 35.7 Å². The highest BCUT2D eigenvalue weighted by Crippen LogP contribution is 2.30. The van der Waals surface area contributed by atoms with Gasteiger partial charge in [-0.15, -0.1) is 10.2 Å². The van der Waals surface area contributed by atoms with Crippen LogP contribution >= 0.6 is 46.5 Å². The highest BCUT2D eigenvalue weighted by molar-refractivity contribution is 8.03. The summed E-state index contributed by atoms with van der Waals surface area (Å²) >= 11 is 10.3. The number of nitrogens with zero attached hydrogens (tertiary/aromatic N) is 3. The van der Waals surface area contributed by atoms with Gasteiger partial charge in [-0.1, -0.05) is 82.9 Å². The third kappa shape index (κ3) is 6.63. The molecule has 0 aliphatic heterocycles. The fraction of sp³-hybridized carbons (Fsp3) is 0.158. The van der Waals surface area contributed by atoms with Gasteiger partial charge >= 0.3 is 0 Å². The van der Waals surface area contributed by atoms with Crippen LogP contribution in [0.5, 0.6) is 0 Å². The summed E-state index contributed by atoms with van der Waals surface area (Å²) in [6.45, 7) is 2.00. The van der Waals surface area contributed by atoms with Crippen molar-refractivity contribution in [2.45, 2.75) is 21.4 Å². The number of carbonyl (C=O) groups excluding carboxylic acids is 1. The minimum Gasteiger partial charge on any atom is -0.272 e. The fourth-order valence-electron chi connectivity index (χ4n) is 2.10. The molecule has 2 aromatic carbocycles. The van der Waals surface area contributed by atoms with E-state index in [1.165, 1.54) is 28.7 Å². The number of halogens is 1. The van der Waals surface area contributed by atoms with Crippen LogP contribution < -0.4 is 5.43 Å². The number of hydrogen-bond acceptors (Lipinski definition) is 7. The van der Waals surface area contributed by atoms with Gasteiger partial charge in [0.05, 0.1) is 12.0 Å². The zero-order valence-corrected chi connectivity index (χ0v) is 18.2. The first-order valence-corrected chi connectivity index (χ1v) is 11.5. The van der Waals surface area contributed by atoms with Crippen molar-refractivity contribution in [3.8, 4) is 0 Å². The lowest BCUT2D eigenvalue weighted by Crippen LogP contribution is -2.19. The first-order valence-electron chi connectivity index (χ1n) is 8.31. The number of rotatable bonds is 8. The van der Waals surface area contributed by atoms with E-state index in [-0.39, 0.29) is 11.7 Å². The SMILES string of the molecule is Cc1ccccc1C=NNC(=O)CSc1nnc(SCc2ccc(Cl)cc2)s1. The number of nitrogens with one attached hydrogen (secondary N) is 1. The zero-order chi connectivity index (χ0) is 19.8. The van der Waals surface area contributed by atoms with Crippen LogP contribution in [0.25, 0.3) is 0 Å². The van der Waals surface area contributed by atoms with Crippen LogP contribution in [0.1, 0.15) is 16.7 Å². The Hall–Kier alpha value is -1.87. The van der Waals surface area contributed by atoms with Gasteiger partial charge in [-0.3, -0.25) is 4.79 Å². The second-order valence-electron chi connectivity index (χ2n) is 5.69. The van der Waals surface area contributed by atoms with Crippen molar-refractivity contribution in [1.82, 2.24) is 15.6 Å². The molecule has 1 amide bonds. The molecule has 0 saturated carbocycles. The number of amides is 1. The van der Waals surface area contributed by atoms with Gasteiger partial charge in [0.1, 0.15) is 0 Å². The molecule has 3 aromatic rings. The number of carbonyl (C=O) groups is 1. The molecule has 0 aliphatic rings. The van der Waals surface area contributed by atoms with E-state index < -0.39 is 0 Å². The van der Waals surface area contributed by atoms with Crippen molar-refractivity contribution < 1.29 is 4.79 Å². The highest BCUT2D eigenvalue weighted by Gasteiger charge is 2.08. The summed E-state index contributed by atoms with van der Waals surface area (Å²) in [5.41, 5.74) is 5.79. The highest BCUT2D eigenvalue weighted by atomic mass is 35.5. The Morgan fingerprint density at radius 1 is 1.14 bits per heavy atom. The Kier molecular flexibility index (Phi) is 7.90. The van der Waals surface area contributed by atoms with Gasteiger partial charge in [0.15, 0.2) is 8.68 Å². The van der Waals surface area contributed by atoms with Crippen molar-refractivity contribution in [1.29, 1.82) is 0 Å². The van der Waals surface area contributed by atoms with Crippen LogP contribution in [0.3, 0.4) is 0 Å². The van der Waals surface area contributed by atoms with Crippen LogP contribution in [0.15, 0.2) is 62.3 Å². The minimum absolute atomic E-state index is 0.180. The monoisotopic (exact) mass is 448 g/mol. The van der Waals surface area contributed by atoms with Crippen LogP contribution in [0, 0.1) is 6.92 Å². The Morgan fingerprint density at radius 3 is 2.61 bits per heavy atom. The molecule has 0 saturated heterocycles. The molecular formula is C19H17ClN4OS3. The summed E-state index contributed by atoms with van der Waals surface area (Å²) in [4.78, 5) is 11.9. The van der Waals surface area contributed by atoms with E-state index in [0.29, 0.717) is 0 Å². The van der Waals surface area contributed by atoms with E-state index in [2.05, 4.69) is 20.7 Å². The average molecular weight is 449 g/mol. The number of thioether (sulfide) groups is 2. The van der Waals surface area contributed by atoms with E-state index in [0.717, 1.165) is 30.6 Å². The molecule has 9 heteroatoms. The summed E-state index contributed by atoms with van der Waals surface area (Å²) in [6, 6.07) is 15.6. The normalized spacial score (nSPS) is 11.1. The maximum absolute atomic E-state index is 11.9. The van der Waals surface area contributed by atoms with Gasteiger partial charge < -0.3 is 0 Å². The van der Waals surface area contributed by atoms with Crippen LogP contribution in [0.4, 0.5) is 0 Å². The second-order valence-corrected chi connectivity index (χ2v) is 9.55. The van der Waals surface area contributed by atoms with Gasteiger partial charge in [-0.25, -0.2) is 5.43 Å². The van der Waals surface area contributed by atoms with Gasteiger partial charge in [0.25, 0.3) is 5.91 Å². The molecule has 0 atom stereocenters. The summed E-state index contributed by atoms with van der Waals surface area (Å²) in [5, 5.41) is 13.0. The van der Waals surface area contributed by atoms with Crippen molar-refractivity contribution in [3.63, 3.8) is 0 Å². The van der Waals surface area contributed by atoms with Crippen molar-refractivity contribution >= 4 is 58.6 Å². The Labute approximate surface area is 181 Å². The summed E-state index contributed by atoms with van der Waals surface area (Å²) in [5.74, 6) is 0.854. The molecule has 5 nitrogen and oxygen atoms in total. The zero-order valence-electron chi connectivity index (χ0n) is 15.0. The summed E-state index contributed by atoms with van der Waals surface area (Å²) in [7, 11) is 0. The molecule has 28 heavy (non-hydrogen) atoms. The maximum Gasteiger partial charge on any atom is 0.250 e. The first-order chi connectivity index (χ1) is 13.6. The van der Waals surface area contributed by atoms with E-state index in [1.807, 2.05) is 55.5 Å². The lowest BCUT2D eigenvalue weighted by molar-refractivity contribution is -0.118. The molecular weight excluding hydrogens is 432 g/mol. The van der Waals surface area contributed by atoms with Crippen LogP contribution in [-0.4, -0.2) is 28.1 Å². The van der Waals surface area contributed by atoms with Gasteiger partial charge in [-0.2, -0.15) is 5.10 Å². The molecule has 1 N–H and O–H groups in total. The van der Waals surface area contributed by atoms with Crippen molar-refractivity contribution in [2.75, 3.05) is 5.75 Å². The number of hydrazone groups is 1. The van der Waals surface area contributed by atoms with Crippen LogP contribution in [0.2, 0.25) is 5.02 Å². The third-order valence-electron chi connectivity index (χ3n) is 3.57. The predicted molar refractivity (Wildman–Crippen MR) is 119 cm³/mol. The molecule has 0 unspecified atom stereocenters. The smallest absolute Gasteiger partial charge is 0.250 e. The van der Waals surface area contributed by atoms with Crippen molar-refractivity contribution in [2.24, 2.45) is 5.10 Å². The van der Waals surface area contributed by atoms with E-state index in [1.54, 1.807) is 18.0 Å². The largest absolute Gasteiger partial charge is 0.272 e. The standard InChI is InChI=1S/C19H17ClN4OS3/c1-13-4-2-3-5-15(13)10-21-22-17(25)12-27-19-24-23-18(28-19)26-11-14-6-8-16(20)9-7-14/h2-10H,11-12H2,1H3,(H,22,25). The lowest BCUT2D eigenvalue weighted by atomic mass is 10.1. The molecule has 0 spiro atoms. The molecule has 0 bridgehead atoms. The minimum atomic E-state index is -0.180. The van der Waals surface area contributed by atoms with Gasteiger partial charge in [0, 0.05) is 10.8 Å². The first kappa shape index (κ1) is 20.9. The molecule has 0 radical (unpaired) electrons. The number of hydrogen-bond donors (Lipinski definition) is 1. The lowest BCUT2D eigenvalue weighted by Gasteiger charge is -1.99. The third-order valence-corrected chi connectivity index (χ3v) is 7.08. The van der Waals surface area contributed by atoms with Crippen molar-refractivity contribution in [3.05, 3.63) is 70.2 Å². The topological polar surface area (TPSA) is 67.2 Å². The summed E-state index contributed by atoms with van der Waals surface area (Å²) in [6.07, 6.45) is 1.65. The van der Waals surface area contributed by atoms with E-state index in [9.17, 15) is 4.79 Å². The molecule has 0 aliphatic carbocycles. The second kappa shape index (κ2) is 10.6. The van der Waals surface area contributed by atoms with Crippen LogP contribution in [-0.2, 0) is 10.5 Å². The van der Waals surface area contributed by atoms with E-state index >= 15 is 0 Å². The Morgan fingerprint density at radius 2 is 1.86 bits per heavy atom.